The third-order valence-electron chi connectivity index (χ3n) is 6.95. The van der Waals surface area contributed by atoms with Gasteiger partial charge in [0.15, 0.2) is 0 Å². The molecule has 0 bridgehead atoms. The monoisotopic (exact) mass is 557 g/mol. The van der Waals surface area contributed by atoms with Crippen molar-refractivity contribution in [2.75, 3.05) is 36.8 Å². The molecular weight excluding hydrogens is 525 g/mol. The molecule has 1 fully saturated rings. The van der Waals surface area contributed by atoms with Gasteiger partial charge < -0.3 is 25.2 Å². The van der Waals surface area contributed by atoms with Gasteiger partial charge in [0.25, 0.3) is 0 Å². The molecule has 1 atom stereocenters. The zero-order chi connectivity index (χ0) is 28.8. The maximum Gasteiger partial charge on any atom is 0.348 e. The number of ether oxygens (including phenoxy) is 2. The molecule has 3 N–H and O–H groups in total. The molecule has 3 aromatic carbocycles. The molecule has 0 amide bonds. The van der Waals surface area contributed by atoms with Gasteiger partial charge in [0.2, 0.25) is 17.4 Å². The Morgan fingerprint density at radius 1 is 0.927 bits per heavy atom. The summed E-state index contributed by atoms with van der Waals surface area (Å²) in [6, 6.07) is 24.4. The molecule has 1 aliphatic heterocycles. The van der Waals surface area contributed by atoms with Crippen molar-refractivity contribution in [2.24, 2.45) is 0 Å². The fraction of sp³-hybridized carbons (Fsp3) is 0.258. The van der Waals surface area contributed by atoms with Crippen molar-refractivity contribution in [3.63, 3.8) is 0 Å². The van der Waals surface area contributed by atoms with Gasteiger partial charge in [-0.05, 0) is 54.4 Å². The highest BCUT2D eigenvalue weighted by Gasteiger charge is 2.36. The average Bonchev–Trinajstić information content (AvgIpc) is 2.96. The zero-order valence-electron chi connectivity index (χ0n) is 22.7. The van der Waals surface area contributed by atoms with Crippen molar-refractivity contribution >= 4 is 17.7 Å². The van der Waals surface area contributed by atoms with Crippen LogP contribution >= 0.6 is 0 Å². The average molecular weight is 558 g/mol. The maximum atomic E-state index is 13.2. The van der Waals surface area contributed by atoms with E-state index in [1.54, 1.807) is 61.5 Å². The van der Waals surface area contributed by atoms with Crippen molar-refractivity contribution in [2.45, 2.75) is 25.5 Å². The highest BCUT2D eigenvalue weighted by molar-refractivity contribution is 5.78. The number of piperazine rings is 1. The second kappa shape index (κ2) is 12.2. The van der Waals surface area contributed by atoms with Crippen LogP contribution in [0.25, 0.3) is 0 Å². The number of hydrogen-bond donors (Lipinski definition) is 2. The highest BCUT2D eigenvalue weighted by Crippen LogP contribution is 2.27. The first-order chi connectivity index (χ1) is 19.8. The Morgan fingerprint density at radius 2 is 1.59 bits per heavy atom. The standard InChI is InChI=1S/C31H32FN5O4/c1-31(29(38)39,41-26-5-3-2-4-6-26)20-22-9-13-25(14-10-22)40-28-19-27(34-30(33)35-28)37-17-15-36(16-18-37)21-23-7-11-24(32)12-8-23/h2-14,19H,15-18,20-21H2,1H3,(H,38,39)(H2,33,34,35). The van der Waals surface area contributed by atoms with Crippen LogP contribution in [0.1, 0.15) is 18.1 Å². The number of hydrogen-bond acceptors (Lipinski definition) is 8. The largest absolute Gasteiger partial charge is 0.478 e. The van der Waals surface area contributed by atoms with Crippen molar-refractivity contribution < 1.29 is 23.8 Å². The first kappa shape index (κ1) is 27.9. The van der Waals surface area contributed by atoms with E-state index in [9.17, 15) is 14.3 Å². The third-order valence-corrected chi connectivity index (χ3v) is 6.95. The zero-order valence-corrected chi connectivity index (χ0v) is 22.7. The number of para-hydroxylation sites is 1. The number of carboxylic acid groups (broad SMARTS) is 1. The van der Waals surface area contributed by atoms with Crippen LogP contribution in [0.3, 0.4) is 0 Å². The highest BCUT2D eigenvalue weighted by atomic mass is 19.1. The summed E-state index contributed by atoms with van der Waals surface area (Å²) >= 11 is 0. The molecule has 1 aromatic heterocycles. The van der Waals surface area contributed by atoms with E-state index < -0.39 is 11.6 Å². The summed E-state index contributed by atoms with van der Waals surface area (Å²) in [5.41, 5.74) is 6.42. The van der Waals surface area contributed by atoms with Crippen LogP contribution in [0.2, 0.25) is 0 Å². The Morgan fingerprint density at radius 3 is 2.24 bits per heavy atom. The van der Waals surface area contributed by atoms with E-state index in [4.69, 9.17) is 15.2 Å². The van der Waals surface area contributed by atoms with E-state index in [0.717, 1.165) is 43.9 Å². The molecule has 2 heterocycles. The summed E-state index contributed by atoms with van der Waals surface area (Å²) in [5.74, 6) is 0.841. The molecule has 0 radical (unpaired) electrons. The summed E-state index contributed by atoms with van der Waals surface area (Å²) in [6.07, 6.45) is 0.162. The van der Waals surface area contributed by atoms with Crippen LogP contribution in [0.5, 0.6) is 17.4 Å². The lowest BCUT2D eigenvalue weighted by Crippen LogP contribution is -2.46. The van der Waals surface area contributed by atoms with Gasteiger partial charge in [-0.25, -0.2) is 9.18 Å². The van der Waals surface area contributed by atoms with Gasteiger partial charge in [0.1, 0.15) is 23.1 Å². The van der Waals surface area contributed by atoms with Gasteiger partial charge in [-0.1, -0.05) is 42.5 Å². The van der Waals surface area contributed by atoms with E-state index in [1.165, 1.54) is 12.1 Å². The number of benzene rings is 3. The number of anilines is 2. The Kier molecular flexibility index (Phi) is 8.30. The number of rotatable bonds is 10. The van der Waals surface area contributed by atoms with Crippen molar-refractivity contribution in [1.82, 2.24) is 14.9 Å². The van der Waals surface area contributed by atoms with E-state index in [-0.39, 0.29) is 18.2 Å². The molecule has 0 aliphatic carbocycles. The first-order valence-electron chi connectivity index (χ1n) is 13.4. The maximum absolute atomic E-state index is 13.2. The Bertz CT molecular complexity index is 1460. The van der Waals surface area contributed by atoms with Crippen LogP contribution in [-0.4, -0.2) is 57.7 Å². The number of aliphatic carboxylic acids is 1. The molecule has 212 valence electrons. The topological polar surface area (TPSA) is 114 Å². The van der Waals surface area contributed by atoms with Gasteiger partial charge in [-0.2, -0.15) is 9.97 Å². The molecule has 1 saturated heterocycles. The lowest BCUT2D eigenvalue weighted by molar-refractivity contribution is -0.153. The molecule has 9 nitrogen and oxygen atoms in total. The van der Waals surface area contributed by atoms with E-state index >= 15 is 0 Å². The minimum Gasteiger partial charge on any atom is -0.478 e. The number of nitrogen functional groups attached to an aromatic ring is 1. The number of nitrogens with zero attached hydrogens (tertiary/aromatic N) is 4. The summed E-state index contributed by atoms with van der Waals surface area (Å²) in [6.45, 7) is 5.46. The molecular formula is C31H32FN5O4. The Labute approximate surface area is 238 Å². The normalized spacial score (nSPS) is 15.2. The quantitative estimate of drug-likeness (QED) is 0.284. The van der Waals surface area contributed by atoms with Crippen molar-refractivity contribution in [3.8, 4) is 17.4 Å². The Balaban J connectivity index is 1.20. The lowest BCUT2D eigenvalue weighted by atomic mass is 9.96. The summed E-state index contributed by atoms with van der Waals surface area (Å²) < 4.78 is 25.0. The molecule has 1 aliphatic rings. The van der Waals surface area contributed by atoms with Gasteiger partial charge in [0.05, 0.1) is 0 Å². The fourth-order valence-electron chi connectivity index (χ4n) is 4.72. The Hall–Kier alpha value is -4.70. The minimum absolute atomic E-state index is 0.109. The molecule has 5 rings (SSSR count). The van der Waals surface area contributed by atoms with Crippen LogP contribution in [0.4, 0.5) is 16.2 Å². The number of aromatic nitrogens is 2. The smallest absolute Gasteiger partial charge is 0.348 e. The first-order valence-corrected chi connectivity index (χ1v) is 13.4. The van der Waals surface area contributed by atoms with Gasteiger partial charge >= 0.3 is 5.97 Å². The number of halogens is 1. The minimum atomic E-state index is -1.44. The van der Waals surface area contributed by atoms with Crippen molar-refractivity contribution in [3.05, 3.63) is 102 Å². The fourth-order valence-corrected chi connectivity index (χ4v) is 4.72. The molecule has 1 unspecified atom stereocenters. The van der Waals surface area contributed by atoms with E-state index in [0.29, 0.717) is 23.2 Å². The van der Waals surface area contributed by atoms with E-state index in [2.05, 4.69) is 19.8 Å². The molecule has 4 aromatic rings. The third kappa shape index (κ3) is 7.29. The lowest BCUT2D eigenvalue weighted by Gasteiger charge is -2.35. The number of carbonyl (C=O) groups is 1. The molecule has 0 spiro atoms. The summed E-state index contributed by atoms with van der Waals surface area (Å²) in [5, 5.41) is 9.86. The van der Waals surface area contributed by atoms with Crippen LogP contribution in [0.15, 0.2) is 84.9 Å². The second-order valence-electron chi connectivity index (χ2n) is 10.2. The van der Waals surface area contributed by atoms with Crippen molar-refractivity contribution in [1.29, 1.82) is 0 Å². The number of nitrogens with two attached hydrogens (primary N) is 1. The van der Waals surface area contributed by atoms with Gasteiger partial charge in [-0.3, -0.25) is 4.90 Å². The second-order valence-corrected chi connectivity index (χ2v) is 10.2. The SMILES string of the molecule is CC(Cc1ccc(Oc2cc(N3CCN(Cc4ccc(F)cc4)CC3)nc(N)n2)cc1)(Oc1ccccc1)C(=O)O. The van der Waals surface area contributed by atoms with Crippen LogP contribution < -0.4 is 20.1 Å². The van der Waals surface area contributed by atoms with Gasteiger partial charge in [0, 0.05) is 45.2 Å². The van der Waals surface area contributed by atoms with E-state index in [1.807, 2.05) is 18.2 Å². The predicted octanol–water partition coefficient (Wildman–Crippen LogP) is 4.78. The summed E-state index contributed by atoms with van der Waals surface area (Å²) in [7, 11) is 0. The number of carboxylic acids is 1. The van der Waals surface area contributed by atoms with Crippen LogP contribution in [0, 0.1) is 5.82 Å². The van der Waals surface area contributed by atoms with Gasteiger partial charge in [-0.15, -0.1) is 0 Å². The predicted molar refractivity (Wildman–Crippen MR) is 154 cm³/mol. The molecule has 41 heavy (non-hydrogen) atoms. The molecule has 10 heteroatoms. The summed E-state index contributed by atoms with van der Waals surface area (Å²) in [4.78, 5) is 25.1. The molecule has 0 saturated carbocycles. The van der Waals surface area contributed by atoms with Crippen LogP contribution in [-0.2, 0) is 17.8 Å².